The molecule has 19 heavy (non-hydrogen) atoms. The Bertz CT molecular complexity index is 719. The van der Waals surface area contributed by atoms with Gasteiger partial charge >= 0.3 is 0 Å². The Morgan fingerprint density at radius 2 is 2.00 bits per heavy atom. The van der Waals surface area contributed by atoms with E-state index in [9.17, 15) is 13.2 Å². The van der Waals surface area contributed by atoms with Crippen molar-refractivity contribution >= 4 is 21.4 Å². The Labute approximate surface area is 111 Å². The van der Waals surface area contributed by atoms with Crippen molar-refractivity contribution < 1.29 is 13.2 Å². The number of rotatable bonds is 3. The minimum absolute atomic E-state index is 0.0811. The van der Waals surface area contributed by atoms with Gasteiger partial charge in [0.2, 0.25) is 0 Å². The fourth-order valence-corrected chi connectivity index (χ4v) is 2.50. The van der Waals surface area contributed by atoms with Gasteiger partial charge in [-0.05, 0) is 12.1 Å². The molecule has 0 saturated heterocycles. The topological polar surface area (TPSA) is 81.1 Å². The number of nitrogens with zero attached hydrogens (tertiary/aromatic N) is 2. The number of aromatic nitrogens is 2. The van der Waals surface area contributed by atoms with E-state index in [4.69, 9.17) is 0 Å². The van der Waals surface area contributed by atoms with E-state index in [1.165, 1.54) is 18.3 Å². The van der Waals surface area contributed by atoms with Crippen LogP contribution in [0.2, 0.25) is 0 Å². The van der Waals surface area contributed by atoms with Crippen molar-refractivity contribution in [1.29, 1.82) is 0 Å². The van der Waals surface area contributed by atoms with E-state index in [2.05, 4.69) is 10.3 Å². The Kier molecular flexibility index (Phi) is 3.39. The minimum atomic E-state index is -3.40. The molecule has 6 nitrogen and oxygen atoms in total. The molecule has 1 N–H and O–H groups in total. The number of para-hydroxylation sites is 1. The molecule has 2 aromatic rings. The highest BCUT2D eigenvalue weighted by Crippen LogP contribution is 2.20. The number of hydrogen-bond donors (Lipinski definition) is 1. The lowest BCUT2D eigenvalue weighted by molar-refractivity contribution is 0.101. The third-order valence-corrected chi connectivity index (χ3v) is 3.71. The Morgan fingerprint density at radius 3 is 2.58 bits per heavy atom. The molecule has 100 valence electrons. The summed E-state index contributed by atoms with van der Waals surface area (Å²) in [5.74, 6) is -0.244. The van der Waals surface area contributed by atoms with E-state index in [-0.39, 0.29) is 16.4 Å². The number of hydrogen-bond acceptors (Lipinski definition) is 4. The van der Waals surface area contributed by atoms with Crippen LogP contribution in [0.4, 0.5) is 5.69 Å². The summed E-state index contributed by atoms with van der Waals surface area (Å²) in [5, 5.41) is 2.56. The number of imidazole rings is 1. The number of benzene rings is 1. The van der Waals surface area contributed by atoms with E-state index >= 15 is 0 Å². The van der Waals surface area contributed by atoms with Gasteiger partial charge in [-0.15, -0.1) is 0 Å². The quantitative estimate of drug-likeness (QED) is 0.911. The number of nitrogens with one attached hydrogen (secondary N) is 1. The summed E-state index contributed by atoms with van der Waals surface area (Å²) in [6, 6.07) is 6.25. The molecule has 0 bridgehead atoms. The molecular weight excluding hydrogens is 266 g/mol. The van der Waals surface area contributed by atoms with Crippen molar-refractivity contribution in [2.24, 2.45) is 7.05 Å². The van der Waals surface area contributed by atoms with Crippen molar-refractivity contribution in [2.75, 3.05) is 11.6 Å². The zero-order valence-electron chi connectivity index (χ0n) is 10.5. The van der Waals surface area contributed by atoms with Crippen LogP contribution in [0, 0.1) is 0 Å². The summed E-state index contributed by atoms with van der Waals surface area (Å²) in [7, 11) is -1.72. The van der Waals surface area contributed by atoms with E-state index in [1.54, 1.807) is 29.9 Å². The first kappa shape index (κ1) is 13.3. The number of amides is 1. The molecule has 2 rings (SSSR count). The van der Waals surface area contributed by atoms with Crippen LogP contribution in [0.1, 0.15) is 10.6 Å². The maximum Gasteiger partial charge on any atom is 0.291 e. The molecule has 0 atom stereocenters. The molecule has 0 fully saturated rings. The summed E-state index contributed by atoms with van der Waals surface area (Å²) in [4.78, 5) is 16.0. The van der Waals surface area contributed by atoms with Gasteiger partial charge in [0, 0.05) is 25.7 Å². The summed E-state index contributed by atoms with van der Waals surface area (Å²) in [6.45, 7) is 0. The molecule has 0 spiro atoms. The molecule has 0 radical (unpaired) electrons. The average molecular weight is 279 g/mol. The van der Waals surface area contributed by atoms with Crippen LogP contribution in [0.25, 0.3) is 0 Å². The largest absolute Gasteiger partial charge is 0.330 e. The highest BCUT2D eigenvalue weighted by atomic mass is 32.2. The summed E-state index contributed by atoms with van der Waals surface area (Å²) >= 11 is 0. The smallest absolute Gasteiger partial charge is 0.291 e. The van der Waals surface area contributed by atoms with Gasteiger partial charge < -0.3 is 9.88 Å². The molecule has 0 unspecified atom stereocenters. The molecular formula is C12H13N3O3S. The maximum absolute atomic E-state index is 12.0. The summed E-state index contributed by atoms with van der Waals surface area (Å²) in [6.07, 6.45) is 4.23. The Balaban J connectivity index is 2.35. The first-order valence-electron chi connectivity index (χ1n) is 5.47. The van der Waals surface area contributed by atoms with Gasteiger partial charge in [-0.1, -0.05) is 12.1 Å². The van der Waals surface area contributed by atoms with Gasteiger partial charge in [-0.25, -0.2) is 13.4 Å². The van der Waals surface area contributed by atoms with Crippen molar-refractivity contribution in [3.05, 3.63) is 42.5 Å². The summed E-state index contributed by atoms with van der Waals surface area (Å²) in [5.41, 5.74) is 0.248. The highest BCUT2D eigenvalue weighted by Gasteiger charge is 2.17. The second-order valence-electron chi connectivity index (χ2n) is 4.08. The second-order valence-corrected chi connectivity index (χ2v) is 6.07. The molecule has 1 aromatic carbocycles. The standard InChI is InChI=1S/C12H13N3O3S/c1-15-8-7-13-11(15)12(16)14-9-5-3-4-6-10(9)19(2,17)18/h3-8H,1-2H3,(H,14,16). The average Bonchev–Trinajstić information content (AvgIpc) is 2.75. The Morgan fingerprint density at radius 1 is 1.32 bits per heavy atom. The van der Waals surface area contributed by atoms with Crippen LogP contribution in [-0.4, -0.2) is 30.1 Å². The zero-order chi connectivity index (χ0) is 14.0. The molecule has 0 aliphatic carbocycles. The lowest BCUT2D eigenvalue weighted by Crippen LogP contribution is -2.18. The summed E-state index contributed by atoms with van der Waals surface area (Å²) < 4.78 is 24.8. The third-order valence-electron chi connectivity index (χ3n) is 2.56. The van der Waals surface area contributed by atoms with Gasteiger partial charge in [-0.2, -0.15) is 0 Å². The zero-order valence-corrected chi connectivity index (χ0v) is 11.3. The lowest BCUT2D eigenvalue weighted by Gasteiger charge is -2.09. The van der Waals surface area contributed by atoms with Crippen molar-refractivity contribution in [3.63, 3.8) is 0 Å². The molecule has 7 heteroatoms. The first-order valence-corrected chi connectivity index (χ1v) is 7.36. The first-order chi connectivity index (χ1) is 8.89. The molecule has 0 saturated carbocycles. The van der Waals surface area contributed by atoms with Gasteiger partial charge in [0.1, 0.15) is 0 Å². The predicted molar refractivity (Wildman–Crippen MR) is 70.7 cm³/mol. The van der Waals surface area contributed by atoms with Crippen molar-refractivity contribution in [2.45, 2.75) is 4.90 Å². The number of sulfone groups is 1. The van der Waals surface area contributed by atoms with E-state index in [1.807, 2.05) is 0 Å². The number of carbonyl (C=O) groups is 1. The van der Waals surface area contributed by atoms with E-state index < -0.39 is 15.7 Å². The van der Waals surface area contributed by atoms with Crippen molar-refractivity contribution in [1.82, 2.24) is 9.55 Å². The van der Waals surface area contributed by atoms with E-state index in [0.29, 0.717) is 0 Å². The number of carbonyl (C=O) groups excluding carboxylic acids is 1. The molecule has 1 heterocycles. The molecule has 0 aliphatic heterocycles. The van der Waals surface area contributed by atoms with Crippen molar-refractivity contribution in [3.8, 4) is 0 Å². The fraction of sp³-hybridized carbons (Fsp3) is 0.167. The Hall–Kier alpha value is -2.15. The molecule has 1 amide bonds. The second kappa shape index (κ2) is 4.85. The monoisotopic (exact) mass is 279 g/mol. The van der Waals surface area contributed by atoms with Crippen LogP contribution in [-0.2, 0) is 16.9 Å². The van der Waals surface area contributed by atoms with E-state index in [0.717, 1.165) is 6.26 Å². The predicted octanol–water partition coefficient (Wildman–Crippen LogP) is 1.08. The minimum Gasteiger partial charge on any atom is -0.330 e. The van der Waals surface area contributed by atoms with Crippen LogP contribution >= 0.6 is 0 Å². The third kappa shape index (κ3) is 2.82. The van der Waals surface area contributed by atoms with Gasteiger partial charge in [0.25, 0.3) is 5.91 Å². The number of anilines is 1. The van der Waals surface area contributed by atoms with Gasteiger partial charge in [0.05, 0.1) is 10.6 Å². The number of aryl methyl sites for hydroxylation is 1. The van der Waals surface area contributed by atoms with Crippen LogP contribution in [0.3, 0.4) is 0 Å². The fourth-order valence-electron chi connectivity index (χ4n) is 1.66. The molecule has 1 aromatic heterocycles. The van der Waals surface area contributed by atoms with Gasteiger partial charge in [0.15, 0.2) is 15.7 Å². The van der Waals surface area contributed by atoms with Crippen LogP contribution < -0.4 is 5.32 Å². The lowest BCUT2D eigenvalue weighted by atomic mass is 10.3. The SMILES string of the molecule is Cn1ccnc1C(=O)Nc1ccccc1S(C)(=O)=O. The highest BCUT2D eigenvalue weighted by molar-refractivity contribution is 7.90. The normalized spacial score (nSPS) is 11.3. The van der Waals surface area contributed by atoms with Crippen LogP contribution in [0.15, 0.2) is 41.6 Å². The van der Waals surface area contributed by atoms with Gasteiger partial charge in [-0.3, -0.25) is 4.79 Å². The van der Waals surface area contributed by atoms with Crippen LogP contribution in [0.5, 0.6) is 0 Å². The molecule has 0 aliphatic rings. The maximum atomic E-state index is 12.0.